The molecule has 22 heavy (non-hydrogen) atoms. The van der Waals surface area contributed by atoms with Gasteiger partial charge in [-0.3, -0.25) is 4.79 Å². The maximum atomic E-state index is 12.5. The van der Waals surface area contributed by atoms with E-state index in [1.807, 2.05) is 11.6 Å². The fourth-order valence-corrected chi connectivity index (χ4v) is 2.51. The largest absolute Gasteiger partial charge is 0.496 e. The number of halogens is 1. The molecule has 2 aromatic rings. The third kappa shape index (κ3) is 3.09. The number of nitrogens with zero attached hydrogens (tertiary/aromatic N) is 2. The Morgan fingerprint density at radius 3 is 2.95 bits per heavy atom. The Morgan fingerprint density at radius 1 is 1.50 bits per heavy atom. The summed E-state index contributed by atoms with van der Waals surface area (Å²) in [6.07, 6.45) is 4.24. The number of methoxy groups -OCH3 is 1. The van der Waals surface area contributed by atoms with Crippen molar-refractivity contribution >= 4 is 23.3 Å². The van der Waals surface area contributed by atoms with Gasteiger partial charge in [-0.05, 0) is 43.9 Å². The van der Waals surface area contributed by atoms with E-state index in [1.54, 1.807) is 24.4 Å². The summed E-state index contributed by atoms with van der Waals surface area (Å²) in [6.45, 7) is 2.78. The molecule has 0 aliphatic heterocycles. The molecule has 0 atom stereocenters. The van der Waals surface area contributed by atoms with Crippen LogP contribution in [0.5, 0.6) is 5.75 Å². The molecule has 6 heteroatoms. The number of amides is 1. The molecule has 5 nitrogen and oxygen atoms in total. The van der Waals surface area contributed by atoms with Crippen molar-refractivity contribution in [2.24, 2.45) is 5.92 Å². The van der Waals surface area contributed by atoms with Crippen LogP contribution in [0, 0.1) is 12.8 Å². The van der Waals surface area contributed by atoms with Gasteiger partial charge in [0, 0.05) is 17.1 Å². The molecule has 1 saturated carbocycles. The van der Waals surface area contributed by atoms with Crippen LogP contribution in [0.4, 0.5) is 5.82 Å². The number of hydrogen-bond donors (Lipinski definition) is 1. The molecule has 1 aliphatic rings. The van der Waals surface area contributed by atoms with Gasteiger partial charge in [-0.25, -0.2) is 4.68 Å². The highest BCUT2D eigenvalue weighted by Crippen LogP contribution is 2.32. The lowest BCUT2D eigenvalue weighted by atomic mass is 10.2. The van der Waals surface area contributed by atoms with Crippen LogP contribution in [0.15, 0.2) is 24.4 Å². The van der Waals surface area contributed by atoms with Crippen molar-refractivity contribution < 1.29 is 9.53 Å². The molecule has 1 fully saturated rings. The SMILES string of the molecule is COc1cc(Cl)ccc1C(=O)Nc1c(C)cnn1CC1CC1. The quantitative estimate of drug-likeness (QED) is 0.917. The van der Waals surface area contributed by atoms with Crippen molar-refractivity contribution in [2.75, 3.05) is 12.4 Å². The fraction of sp³-hybridized carbons (Fsp3) is 0.375. The van der Waals surface area contributed by atoms with E-state index in [2.05, 4.69) is 10.4 Å². The molecular formula is C16H18ClN3O2. The predicted molar refractivity (Wildman–Crippen MR) is 85.6 cm³/mol. The molecule has 0 bridgehead atoms. The highest BCUT2D eigenvalue weighted by Gasteiger charge is 2.24. The lowest BCUT2D eigenvalue weighted by Crippen LogP contribution is -2.17. The normalized spacial score (nSPS) is 14.0. The van der Waals surface area contributed by atoms with Crippen molar-refractivity contribution in [1.29, 1.82) is 0 Å². The van der Waals surface area contributed by atoms with E-state index >= 15 is 0 Å². The van der Waals surface area contributed by atoms with Crippen LogP contribution >= 0.6 is 11.6 Å². The molecule has 1 amide bonds. The van der Waals surface area contributed by atoms with Crippen molar-refractivity contribution in [3.05, 3.63) is 40.5 Å². The van der Waals surface area contributed by atoms with Gasteiger partial charge in [-0.2, -0.15) is 5.10 Å². The first-order valence-corrected chi connectivity index (χ1v) is 7.63. The van der Waals surface area contributed by atoms with Crippen LogP contribution in [0.1, 0.15) is 28.8 Å². The Hall–Kier alpha value is -2.01. The van der Waals surface area contributed by atoms with Gasteiger partial charge in [0.2, 0.25) is 0 Å². The minimum Gasteiger partial charge on any atom is -0.496 e. The average molecular weight is 320 g/mol. The summed E-state index contributed by atoms with van der Waals surface area (Å²) in [5, 5.41) is 7.82. The number of carbonyl (C=O) groups excluding carboxylic acids is 1. The maximum absolute atomic E-state index is 12.5. The van der Waals surface area contributed by atoms with Crippen LogP contribution in [0.2, 0.25) is 5.02 Å². The van der Waals surface area contributed by atoms with E-state index in [1.165, 1.54) is 20.0 Å². The van der Waals surface area contributed by atoms with Crippen LogP contribution in [0.3, 0.4) is 0 Å². The van der Waals surface area contributed by atoms with E-state index in [9.17, 15) is 4.79 Å². The van der Waals surface area contributed by atoms with Crippen LogP contribution in [-0.2, 0) is 6.54 Å². The average Bonchev–Trinajstić information content (AvgIpc) is 3.26. The number of aromatic nitrogens is 2. The number of hydrogen-bond acceptors (Lipinski definition) is 3. The Balaban J connectivity index is 1.83. The number of benzene rings is 1. The van der Waals surface area contributed by atoms with Crippen molar-refractivity contribution in [2.45, 2.75) is 26.3 Å². The van der Waals surface area contributed by atoms with Gasteiger partial charge in [0.1, 0.15) is 11.6 Å². The molecule has 1 aromatic heterocycles. The molecule has 0 radical (unpaired) electrons. The highest BCUT2D eigenvalue weighted by molar-refractivity contribution is 6.31. The molecule has 1 aromatic carbocycles. The lowest BCUT2D eigenvalue weighted by Gasteiger charge is -2.12. The Labute approximate surface area is 134 Å². The third-order valence-corrected chi connectivity index (χ3v) is 4.03. The minimum atomic E-state index is -0.228. The zero-order valence-corrected chi connectivity index (χ0v) is 13.4. The maximum Gasteiger partial charge on any atom is 0.260 e. The van der Waals surface area contributed by atoms with E-state index in [4.69, 9.17) is 16.3 Å². The van der Waals surface area contributed by atoms with Crippen LogP contribution in [-0.4, -0.2) is 22.8 Å². The molecule has 3 rings (SSSR count). The van der Waals surface area contributed by atoms with Crippen LogP contribution in [0.25, 0.3) is 0 Å². The highest BCUT2D eigenvalue weighted by atomic mass is 35.5. The zero-order chi connectivity index (χ0) is 15.7. The Kier molecular flexibility index (Phi) is 4.07. The van der Waals surface area contributed by atoms with E-state index < -0.39 is 0 Å². The second kappa shape index (κ2) is 6.01. The van der Waals surface area contributed by atoms with Gasteiger partial charge in [0.25, 0.3) is 5.91 Å². The number of anilines is 1. The second-order valence-electron chi connectivity index (χ2n) is 5.60. The molecule has 0 spiro atoms. The fourth-order valence-electron chi connectivity index (χ4n) is 2.35. The summed E-state index contributed by atoms with van der Waals surface area (Å²) in [5.41, 5.74) is 1.40. The van der Waals surface area contributed by atoms with Crippen molar-refractivity contribution in [3.63, 3.8) is 0 Å². The Morgan fingerprint density at radius 2 is 2.27 bits per heavy atom. The topological polar surface area (TPSA) is 56.1 Å². The third-order valence-electron chi connectivity index (χ3n) is 3.79. The number of carbonyl (C=O) groups is 1. The summed E-state index contributed by atoms with van der Waals surface area (Å²) in [7, 11) is 1.52. The predicted octanol–water partition coefficient (Wildman–Crippen LogP) is 3.52. The van der Waals surface area contributed by atoms with Gasteiger partial charge in [0.05, 0.1) is 18.9 Å². The van der Waals surface area contributed by atoms with Crippen molar-refractivity contribution in [3.8, 4) is 5.75 Å². The summed E-state index contributed by atoms with van der Waals surface area (Å²) in [4.78, 5) is 12.5. The van der Waals surface area contributed by atoms with E-state index in [-0.39, 0.29) is 5.91 Å². The van der Waals surface area contributed by atoms with Crippen molar-refractivity contribution in [1.82, 2.24) is 9.78 Å². The number of ether oxygens (including phenoxy) is 1. The molecule has 0 saturated heterocycles. The van der Waals surface area contributed by atoms with Gasteiger partial charge in [-0.1, -0.05) is 11.6 Å². The summed E-state index contributed by atoms with van der Waals surface area (Å²) < 4.78 is 7.10. The smallest absolute Gasteiger partial charge is 0.260 e. The standard InChI is InChI=1S/C16H18ClN3O2/c1-10-8-18-20(9-11-3-4-11)15(10)19-16(21)13-6-5-12(17)7-14(13)22-2/h5-8,11H,3-4,9H2,1-2H3,(H,19,21). The van der Waals surface area contributed by atoms with Gasteiger partial charge in [-0.15, -0.1) is 0 Å². The molecule has 0 unspecified atom stereocenters. The van der Waals surface area contributed by atoms with Crippen LogP contribution < -0.4 is 10.1 Å². The lowest BCUT2D eigenvalue weighted by molar-refractivity contribution is 0.102. The molecule has 116 valence electrons. The molecular weight excluding hydrogens is 302 g/mol. The zero-order valence-electron chi connectivity index (χ0n) is 12.6. The van der Waals surface area contributed by atoms with Gasteiger partial charge < -0.3 is 10.1 Å². The summed E-state index contributed by atoms with van der Waals surface area (Å²) in [5.74, 6) is 1.65. The molecule has 1 heterocycles. The molecule has 1 N–H and O–H groups in total. The minimum absolute atomic E-state index is 0.228. The number of nitrogens with one attached hydrogen (secondary N) is 1. The summed E-state index contributed by atoms with van der Waals surface area (Å²) in [6, 6.07) is 4.96. The summed E-state index contributed by atoms with van der Waals surface area (Å²) >= 11 is 5.93. The van der Waals surface area contributed by atoms with E-state index in [0.717, 1.165) is 17.9 Å². The Bertz CT molecular complexity index is 707. The first-order chi connectivity index (χ1) is 10.6. The first kappa shape index (κ1) is 14.9. The van der Waals surface area contributed by atoms with Gasteiger partial charge >= 0.3 is 0 Å². The molecule has 1 aliphatic carbocycles. The van der Waals surface area contributed by atoms with Gasteiger partial charge in [0.15, 0.2) is 0 Å². The number of rotatable bonds is 5. The first-order valence-electron chi connectivity index (χ1n) is 7.25. The monoisotopic (exact) mass is 319 g/mol. The number of aryl methyl sites for hydroxylation is 1. The van der Waals surface area contributed by atoms with E-state index in [0.29, 0.717) is 22.3 Å². The second-order valence-corrected chi connectivity index (χ2v) is 6.04.